The Morgan fingerprint density at radius 1 is 1.26 bits per heavy atom. The molecule has 0 aliphatic rings. The number of nitro groups is 2. The van der Waals surface area contributed by atoms with Gasteiger partial charge in [0.05, 0.1) is 10.4 Å². The summed E-state index contributed by atoms with van der Waals surface area (Å²) in [6.07, 6.45) is 0. The summed E-state index contributed by atoms with van der Waals surface area (Å²) in [4.78, 5) is 24.5. The predicted molar refractivity (Wildman–Crippen MR) is 76.5 cm³/mol. The molecule has 8 nitrogen and oxygen atoms in total. The average Bonchev–Trinajstić information content (AvgIpc) is 2.56. The van der Waals surface area contributed by atoms with Gasteiger partial charge in [-0.2, -0.15) is 0 Å². The fourth-order valence-electron chi connectivity index (χ4n) is 1.57. The number of imidazole rings is 1. The minimum Gasteiger partial charge on any atom is -0.263 e. The normalized spacial score (nSPS) is 10.9. The van der Waals surface area contributed by atoms with E-state index in [1.54, 1.807) is 0 Å². The molecule has 2 aromatic rings. The Bertz CT molecular complexity index is 714. The molecular weight excluding hydrogens is 456 g/mol. The Labute approximate surface area is 130 Å². The minimum atomic E-state index is -0.590. The topological polar surface area (TPSA) is 104 Å². The molecule has 0 N–H and O–H groups in total. The van der Waals surface area contributed by atoms with Crippen molar-refractivity contribution >= 4 is 64.5 Å². The lowest BCUT2D eigenvalue weighted by atomic mass is 10.2. The van der Waals surface area contributed by atoms with E-state index in [0.717, 1.165) is 0 Å². The highest BCUT2D eigenvalue weighted by molar-refractivity contribution is 9.13. The lowest BCUT2D eigenvalue weighted by molar-refractivity contribution is -0.513. The van der Waals surface area contributed by atoms with Gasteiger partial charge in [-0.15, -0.1) is 0 Å². The number of aromatic nitrogens is 2. The van der Waals surface area contributed by atoms with Gasteiger partial charge in [0.25, 0.3) is 6.67 Å². The zero-order chi connectivity index (χ0) is 14.3. The van der Waals surface area contributed by atoms with Crippen molar-refractivity contribution in [1.82, 2.24) is 9.55 Å². The Hall–Kier alpha value is -1.07. The van der Waals surface area contributed by atoms with Crippen molar-refractivity contribution in [3.05, 3.63) is 40.0 Å². The third-order valence-corrected chi connectivity index (χ3v) is 4.87. The van der Waals surface area contributed by atoms with Crippen molar-refractivity contribution in [3.8, 4) is 0 Å². The summed E-state index contributed by atoms with van der Waals surface area (Å²) in [5.41, 5.74) is 0.131. The van der Waals surface area contributed by atoms with E-state index in [0.29, 0.717) is 9.99 Å². The van der Waals surface area contributed by atoms with Crippen LogP contribution in [0.4, 0.5) is 5.69 Å². The number of nitrogens with zero attached hydrogens (tertiary/aromatic N) is 4. The first kappa shape index (κ1) is 14.3. The van der Waals surface area contributed by atoms with Gasteiger partial charge < -0.3 is 0 Å². The molecule has 2 rings (SSSR count). The summed E-state index contributed by atoms with van der Waals surface area (Å²) in [5.74, 6) is 0. The Morgan fingerprint density at radius 2 is 1.89 bits per heavy atom. The molecule has 0 spiro atoms. The van der Waals surface area contributed by atoms with Crippen LogP contribution in [0.15, 0.2) is 19.7 Å². The van der Waals surface area contributed by atoms with Crippen LogP contribution in [0.3, 0.4) is 0 Å². The molecule has 0 saturated carbocycles. The highest BCUT2D eigenvalue weighted by atomic mass is 79.9. The first-order chi connectivity index (χ1) is 8.82. The molecule has 1 heterocycles. The summed E-state index contributed by atoms with van der Waals surface area (Å²) in [6, 6.07) is 1.54. The highest BCUT2D eigenvalue weighted by Crippen LogP contribution is 2.39. The van der Waals surface area contributed by atoms with Crippen LogP contribution in [0.25, 0.3) is 11.0 Å². The average molecular weight is 459 g/mol. The van der Waals surface area contributed by atoms with Crippen molar-refractivity contribution in [2.24, 2.45) is 0 Å². The minimum absolute atomic E-state index is 0.0776. The smallest absolute Gasteiger partial charge is 0.263 e. The van der Waals surface area contributed by atoms with Gasteiger partial charge in [-0.25, -0.2) is 4.98 Å². The summed E-state index contributed by atoms with van der Waals surface area (Å²) < 4.78 is 2.05. The quantitative estimate of drug-likeness (QED) is 0.517. The number of hydrogen-bond donors (Lipinski definition) is 0. The molecule has 100 valence electrons. The molecule has 0 amide bonds. The van der Waals surface area contributed by atoms with Gasteiger partial charge in [0.1, 0.15) is 4.47 Å². The van der Waals surface area contributed by atoms with E-state index in [4.69, 9.17) is 0 Å². The maximum absolute atomic E-state index is 11.1. The van der Waals surface area contributed by atoms with Crippen LogP contribution in [0.2, 0.25) is 0 Å². The van der Waals surface area contributed by atoms with Gasteiger partial charge in [-0.3, -0.25) is 24.8 Å². The molecule has 19 heavy (non-hydrogen) atoms. The summed E-state index contributed by atoms with van der Waals surface area (Å²) >= 11 is 9.33. The fourth-order valence-corrected chi connectivity index (χ4v) is 2.91. The van der Waals surface area contributed by atoms with Crippen LogP contribution in [-0.4, -0.2) is 19.4 Å². The molecule has 0 aliphatic heterocycles. The maximum atomic E-state index is 11.1. The van der Waals surface area contributed by atoms with Crippen LogP contribution in [-0.2, 0) is 6.67 Å². The number of hydrogen-bond acceptors (Lipinski definition) is 5. The van der Waals surface area contributed by atoms with Crippen molar-refractivity contribution in [1.29, 1.82) is 0 Å². The van der Waals surface area contributed by atoms with E-state index < -0.39 is 16.5 Å². The lowest BCUT2D eigenvalue weighted by Crippen LogP contribution is -2.07. The van der Waals surface area contributed by atoms with Gasteiger partial charge in [-0.05, 0) is 53.9 Å². The Balaban J connectivity index is 2.86. The Morgan fingerprint density at radius 3 is 2.42 bits per heavy atom. The lowest BCUT2D eigenvalue weighted by Gasteiger charge is -2.02. The third-order valence-electron chi connectivity index (χ3n) is 2.31. The van der Waals surface area contributed by atoms with E-state index in [1.165, 1.54) is 10.6 Å². The first-order valence-corrected chi connectivity index (χ1v) is 7.00. The van der Waals surface area contributed by atoms with Gasteiger partial charge in [0.15, 0.2) is 10.3 Å². The van der Waals surface area contributed by atoms with Gasteiger partial charge >= 0.3 is 5.69 Å². The molecule has 0 atom stereocenters. The molecular formula is C8H3Br3N4O4. The molecule has 0 fully saturated rings. The second kappa shape index (κ2) is 5.13. The standard InChI is InChI=1S/C8H3Br3N4O4/c9-3-1-4-6(7(5(3)10)15(18)19)12-8(11)13(4)2-14(16)17/h1H,2H2. The van der Waals surface area contributed by atoms with Crippen LogP contribution in [0.1, 0.15) is 0 Å². The highest BCUT2D eigenvalue weighted by Gasteiger charge is 2.26. The number of fused-ring (bicyclic) bond motifs is 1. The molecule has 11 heteroatoms. The monoisotopic (exact) mass is 456 g/mol. The molecule has 0 radical (unpaired) electrons. The van der Waals surface area contributed by atoms with Crippen molar-refractivity contribution in [2.45, 2.75) is 6.67 Å². The molecule has 0 bridgehead atoms. The summed E-state index contributed by atoms with van der Waals surface area (Å²) in [7, 11) is 0. The van der Waals surface area contributed by atoms with Crippen molar-refractivity contribution in [3.63, 3.8) is 0 Å². The van der Waals surface area contributed by atoms with Gasteiger partial charge in [-0.1, -0.05) is 0 Å². The number of halogens is 3. The second-order valence-electron chi connectivity index (χ2n) is 3.43. The van der Waals surface area contributed by atoms with Crippen LogP contribution in [0, 0.1) is 20.2 Å². The Kier molecular flexibility index (Phi) is 3.87. The van der Waals surface area contributed by atoms with E-state index in [2.05, 4.69) is 52.8 Å². The number of benzene rings is 1. The first-order valence-electron chi connectivity index (χ1n) is 4.63. The molecule has 0 unspecified atom stereocenters. The zero-order valence-corrected chi connectivity index (χ0v) is 13.6. The van der Waals surface area contributed by atoms with Crippen LogP contribution < -0.4 is 0 Å². The predicted octanol–water partition coefficient (Wildman–Crippen LogP) is 3.47. The molecule has 1 aromatic carbocycles. The van der Waals surface area contributed by atoms with E-state index in [1.807, 2.05) is 0 Å². The van der Waals surface area contributed by atoms with Crippen molar-refractivity contribution < 1.29 is 9.85 Å². The van der Waals surface area contributed by atoms with Crippen molar-refractivity contribution in [2.75, 3.05) is 0 Å². The maximum Gasteiger partial charge on any atom is 0.312 e. The third kappa shape index (κ3) is 2.49. The summed E-state index contributed by atoms with van der Waals surface area (Å²) in [6.45, 7) is -0.539. The molecule has 1 aromatic heterocycles. The second-order valence-corrected chi connectivity index (χ2v) is 5.79. The van der Waals surface area contributed by atoms with Crippen LogP contribution in [0.5, 0.6) is 0 Å². The van der Waals surface area contributed by atoms with Gasteiger partial charge in [0.2, 0.25) is 0 Å². The van der Waals surface area contributed by atoms with E-state index in [-0.39, 0.29) is 20.4 Å². The number of rotatable bonds is 3. The van der Waals surface area contributed by atoms with Crippen LogP contribution >= 0.6 is 47.8 Å². The van der Waals surface area contributed by atoms with E-state index in [9.17, 15) is 20.2 Å². The fraction of sp³-hybridized carbons (Fsp3) is 0.125. The van der Waals surface area contributed by atoms with Gasteiger partial charge in [0, 0.05) is 9.40 Å². The SMILES string of the molecule is O=[N+]([O-])Cn1c(Br)nc2c([N+](=O)[O-])c(Br)c(Br)cc21. The summed E-state index contributed by atoms with van der Waals surface area (Å²) in [5, 5.41) is 21.7. The largest absolute Gasteiger partial charge is 0.312 e. The molecule has 0 aliphatic carbocycles. The zero-order valence-electron chi connectivity index (χ0n) is 8.84. The van der Waals surface area contributed by atoms with E-state index >= 15 is 0 Å². The molecule has 0 saturated heterocycles. The number of nitro benzene ring substituents is 1.